The third kappa shape index (κ3) is 5.41. The molecule has 0 unspecified atom stereocenters. The van der Waals surface area contributed by atoms with Gasteiger partial charge in [-0.1, -0.05) is 35.5 Å². The number of thioether (sulfide) groups is 1. The Hall–Kier alpha value is -2.49. The van der Waals surface area contributed by atoms with Crippen molar-refractivity contribution in [3.63, 3.8) is 0 Å². The average molecular weight is 460 g/mol. The van der Waals surface area contributed by atoms with E-state index in [9.17, 15) is 31.1 Å². The van der Waals surface area contributed by atoms with Gasteiger partial charge in [-0.2, -0.15) is 26.3 Å². The van der Waals surface area contributed by atoms with Crippen LogP contribution in [0.5, 0.6) is 0 Å². The standard InChI is InChI=1S/C21H18F6N2OS/c1-12-3-4-13(2)15(7-12)11-31-19-28-5-6-29(19)18(30)14-8-16(20(22,23)24)10-17(9-14)21(25,26)27/h3-4,7-10H,5-6,11H2,1-2H3. The number of benzene rings is 2. The number of rotatable bonds is 3. The molecule has 1 aliphatic rings. The molecule has 0 spiro atoms. The molecule has 0 aliphatic carbocycles. The molecule has 0 saturated heterocycles. The molecule has 2 aromatic carbocycles. The molecule has 1 amide bonds. The molecule has 0 atom stereocenters. The highest BCUT2D eigenvalue weighted by molar-refractivity contribution is 8.13. The third-order valence-corrected chi connectivity index (χ3v) is 5.81. The summed E-state index contributed by atoms with van der Waals surface area (Å²) in [6.45, 7) is 4.18. The van der Waals surface area contributed by atoms with Crippen LogP contribution in [0.3, 0.4) is 0 Å². The third-order valence-electron chi connectivity index (χ3n) is 4.74. The first-order chi connectivity index (χ1) is 14.4. The number of aryl methyl sites for hydroxylation is 2. The highest BCUT2D eigenvalue weighted by atomic mass is 32.2. The molecule has 10 heteroatoms. The lowest BCUT2D eigenvalue weighted by atomic mass is 10.0. The zero-order valence-electron chi connectivity index (χ0n) is 16.6. The van der Waals surface area contributed by atoms with E-state index in [0.717, 1.165) is 21.6 Å². The minimum absolute atomic E-state index is 0.00499. The molecule has 0 bridgehead atoms. The van der Waals surface area contributed by atoms with Crippen LogP contribution in [-0.4, -0.2) is 29.1 Å². The van der Waals surface area contributed by atoms with E-state index in [1.165, 1.54) is 11.8 Å². The summed E-state index contributed by atoms with van der Waals surface area (Å²) in [7, 11) is 0. The number of alkyl halides is 6. The minimum atomic E-state index is -5.02. The van der Waals surface area contributed by atoms with E-state index in [1.54, 1.807) is 0 Å². The molecule has 0 radical (unpaired) electrons. The lowest BCUT2D eigenvalue weighted by Crippen LogP contribution is -2.33. The van der Waals surface area contributed by atoms with Gasteiger partial charge < -0.3 is 0 Å². The molecule has 0 aromatic heterocycles. The monoisotopic (exact) mass is 460 g/mol. The molecular weight excluding hydrogens is 442 g/mol. The maximum atomic E-state index is 13.1. The second kappa shape index (κ2) is 8.57. The van der Waals surface area contributed by atoms with Crippen molar-refractivity contribution in [1.29, 1.82) is 0 Å². The number of aliphatic imine (C=N–C) groups is 1. The van der Waals surface area contributed by atoms with Crippen LogP contribution in [0.4, 0.5) is 26.3 Å². The summed E-state index contributed by atoms with van der Waals surface area (Å²) in [5.74, 6) is -0.478. The van der Waals surface area contributed by atoms with Gasteiger partial charge in [0, 0.05) is 17.9 Å². The van der Waals surface area contributed by atoms with Crippen molar-refractivity contribution >= 4 is 22.8 Å². The van der Waals surface area contributed by atoms with Crippen LogP contribution in [0.1, 0.15) is 38.2 Å². The molecule has 166 valence electrons. The molecule has 1 aliphatic heterocycles. The molecule has 3 rings (SSSR count). The van der Waals surface area contributed by atoms with Gasteiger partial charge in [0.2, 0.25) is 0 Å². The van der Waals surface area contributed by atoms with E-state index < -0.39 is 35.0 Å². The molecule has 1 heterocycles. The van der Waals surface area contributed by atoms with Crippen LogP contribution < -0.4 is 0 Å². The SMILES string of the molecule is Cc1ccc(C)c(CSC2=NCCN2C(=O)c2cc(C(F)(F)F)cc(C(F)(F)F)c2)c1. The van der Waals surface area contributed by atoms with Gasteiger partial charge in [0.1, 0.15) is 0 Å². The maximum Gasteiger partial charge on any atom is 0.416 e. The first-order valence-corrected chi connectivity index (χ1v) is 10.2. The lowest BCUT2D eigenvalue weighted by molar-refractivity contribution is -0.143. The number of halogens is 6. The van der Waals surface area contributed by atoms with Crippen LogP contribution in [0.2, 0.25) is 0 Å². The zero-order chi connectivity index (χ0) is 23.0. The quantitative estimate of drug-likeness (QED) is 0.520. The lowest BCUT2D eigenvalue weighted by Gasteiger charge is -2.20. The van der Waals surface area contributed by atoms with E-state index in [2.05, 4.69) is 4.99 Å². The Balaban J connectivity index is 1.86. The van der Waals surface area contributed by atoms with Gasteiger partial charge in [0.25, 0.3) is 5.91 Å². The summed E-state index contributed by atoms with van der Waals surface area (Å²) in [5.41, 5.74) is -0.638. The Kier molecular flexibility index (Phi) is 6.40. The van der Waals surface area contributed by atoms with E-state index in [0.29, 0.717) is 17.9 Å². The van der Waals surface area contributed by atoms with Gasteiger partial charge in [0.05, 0.1) is 17.7 Å². The second-order valence-corrected chi connectivity index (χ2v) is 8.08. The molecule has 31 heavy (non-hydrogen) atoms. The Morgan fingerprint density at radius 2 is 1.61 bits per heavy atom. The fourth-order valence-electron chi connectivity index (χ4n) is 3.07. The highest BCUT2D eigenvalue weighted by Gasteiger charge is 2.38. The number of hydrogen-bond acceptors (Lipinski definition) is 3. The Bertz CT molecular complexity index is 997. The number of amidine groups is 1. The van der Waals surface area contributed by atoms with Gasteiger partial charge in [-0.15, -0.1) is 0 Å². The van der Waals surface area contributed by atoms with E-state index in [4.69, 9.17) is 0 Å². The van der Waals surface area contributed by atoms with Crippen molar-refractivity contribution in [2.24, 2.45) is 4.99 Å². The summed E-state index contributed by atoms with van der Waals surface area (Å²) >= 11 is 1.22. The number of nitrogens with zero attached hydrogens (tertiary/aromatic N) is 2. The van der Waals surface area contributed by atoms with E-state index in [1.807, 2.05) is 32.0 Å². The Morgan fingerprint density at radius 3 is 2.19 bits per heavy atom. The van der Waals surface area contributed by atoms with Crippen molar-refractivity contribution in [2.75, 3.05) is 13.1 Å². The summed E-state index contributed by atoms with van der Waals surface area (Å²) in [5, 5.41) is 0.275. The molecule has 0 saturated carbocycles. The van der Waals surface area contributed by atoms with E-state index in [-0.39, 0.29) is 24.3 Å². The summed E-state index contributed by atoms with van der Waals surface area (Å²) in [4.78, 5) is 18.2. The summed E-state index contributed by atoms with van der Waals surface area (Å²) in [6.07, 6.45) is -10.0. The van der Waals surface area contributed by atoms with Crippen molar-refractivity contribution in [3.05, 3.63) is 69.8 Å². The maximum absolute atomic E-state index is 13.1. The van der Waals surface area contributed by atoms with Gasteiger partial charge in [-0.3, -0.25) is 14.7 Å². The topological polar surface area (TPSA) is 32.7 Å². The van der Waals surface area contributed by atoms with Gasteiger partial charge >= 0.3 is 12.4 Å². The fraction of sp³-hybridized carbons (Fsp3) is 0.333. The molecular formula is C21H18F6N2OS. The van der Waals surface area contributed by atoms with Crippen molar-refractivity contribution in [1.82, 2.24) is 4.90 Å². The smallest absolute Gasteiger partial charge is 0.286 e. The largest absolute Gasteiger partial charge is 0.416 e. The number of hydrogen-bond donors (Lipinski definition) is 0. The summed E-state index contributed by atoms with van der Waals surface area (Å²) in [6, 6.07) is 6.79. The van der Waals surface area contributed by atoms with Crippen molar-refractivity contribution in [2.45, 2.75) is 32.0 Å². The number of carbonyl (C=O) groups is 1. The predicted molar refractivity (Wildman–Crippen MR) is 107 cm³/mol. The van der Waals surface area contributed by atoms with Crippen LogP contribution in [0, 0.1) is 13.8 Å². The zero-order valence-corrected chi connectivity index (χ0v) is 17.4. The van der Waals surface area contributed by atoms with Gasteiger partial charge in [-0.25, -0.2) is 0 Å². The number of carbonyl (C=O) groups excluding carboxylic acids is 1. The van der Waals surface area contributed by atoms with Crippen LogP contribution in [-0.2, 0) is 18.1 Å². The Labute approximate surface area is 179 Å². The Morgan fingerprint density at radius 1 is 1.00 bits per heavy atom. The first-order valence-electron chi connectivity index (χ1n) is 9.21. The highest BCUT2D eigenvalue weighted by Crippen LogP contribution is 2.37. The van der Waals surface area contributed by atoms with Gasteiger partial charge in [-0.05, 0) is 43.2 Å². The predicted octanol–water partition coefficient (Wildman–Crippen LogP) is 6.09. The van der Waals surface area contributed by atoms with Crippen LogP contribution >= 0.6 is 11.8 Å². The second-order valence-electron chi connectivity index (χ2n) is 7.13. The molecule has 3 nitrogen and oxygen atoms in total. The molecule has 0 N–H and O–H groups in total. The minimum Gasteiger partial charge on any atom is -0.286 e. The first kappa shape index (κ1) is 23.2. The van der Waals surface area contributed by atoms with Crippen molar-refractivity contribution < 1.29 is 31.1 Å². The van der Waals surface area contributed by atoms with Crippen LogP contribution in [0.25, 0.3) is 0 Å². The van der Waals surface area contributed by atoms with Crippen molar-refractivity contribution in [3.8, 4) is 0 Å². The molecule has 0 fully saturated rings. The van der Waals surface area contributed by atoms with Crippen LogP contribution in [0.15, 0.2) is 41.4 Å². The summed E-state index contributed by atoms with van der Waals surface area (Å²) < 4.78 is 78.7. The normalized spacial score (nSPS) is 14.7. The van der Waals surface area contributed by atoms with E-state index >= 15 is 0 Å². The average Bonchev–Trinajstić information content (AvgIpc) is 3.15. The van der Waals surface area contributed by atoms with Gasteiger partial charge in [0.15, 0.2) is 5.17 Å². The molecule has 2 aromatic rings. The fourth-order valence-corrected chi connectivity index (χ4v) is 4.18. The number of amides is 1.